The van der Waals surface area contributed by atoms with Crippen LogP contribution in [0.25, 0.3) is 0 Å². The van der Waals surface area contributed by atoms with Gasteiger partial charge in [0, 0.05) is 19.4 Å². The smallest absolute Gasteiger partial charge is 0.364 e. The van der Waals surface area contributed by atoms with E-state index in [9.17, 15) is 84.6 Å². The number of carboxylic acid groups (broad SMARTS) is 1. The predicted octanol–water partition coefficient (Wildman–Crippen LogP) is -6.82. The second-order valence-electron chi connectivity index (χ2n) is 17.6. The molecule has 18 unspecified atom stereocenters. The number of aliphatic carboxylic acids is 1. The van der Waals surface area contributed by atoms with E-state index >= 15 is 0 Å². The first-order valence-electron chi connectivity index (χ1n) is 22.5. The highest BCUT2D eigenvalue weighted by atomic mass is 16.8. The van der Waals surface area contributed by atoms with Crippen LogP contribution in [0.2, 0.25) is 0 Å². The van der Waals surface area contributed by atoms with E-state index < -0.39 is 195 Å². The van der Waals surface area contributed by atoms with E-state index in [0.717, 1.165) is 20.1 Å². The number of carbonyl (C=O) groups is 5. The number of hydrogen-bond donors (Lipinski definition) is 14. The van der Waals surface area contributed by atoms with Gasteiger partial charge < -0.3 is 105 Å². The summed E-state index contributed by atoms with van der Waals surface area (Å²) in [6.45, 7) is 0.0655. The summed E-state index contributed by atoms with van der Waals surface area (Å²) in [4.78, 5) is 95.2. The molecule has 14 N–H and O–H groups in total. The molecule has 3 saturated heterocycles. The van der Waals surface area contributed by atoms with Crippen molar-refractivity contribution in [3.8, 4) is 0 Å². The summed E-state index contributed by atoms with van der Waals surface area (Å²) in [6, 6.07) is 4.54. The topological polar surface area (TPSA) is 451 Å². The van der Waals surface area contributed by atoms with Crippen molar-refractivity contribution in [3.63, 3.8) is 0 Å². The summed E-state index contributed by atoms with van der Waals surface area (Å²) in [7, 11) is 1.03. The van der Waals surface area contributed by atoms with Crippen LogP contribution in [0.4, 0.5) is 0 Å². The van der Waals surface area contributed by atoms with Crippen LogP contribution < -0.4 is 21.9 Å². The summed E-state index contributed by atoms with van der Waals surface area (Å²) in [5.74, 6) is -10.7. The van der Waals surface area contributed by atoms with E-state index in [1.807, 2.05) is 4.98 Å². The van der Waals surface area contributed by atoms with Gasteiger partial charge in [-0.1, -0.05) is 18.2 Å². The fourth-order valence-electron chi connectivity index (χ4n) is 8.96. The van der Waals surface area contributed by atoms with Gasteiger partial charge in [-0.15, -0.1) is 0 Å². The van der Waals surface area contributed by atoms with Gasteiger partial charge in [0.1, 0.15) is 66.7 Å². The number of nitrogens with one attached hydrogen (secondary N) is 4. The monoisotopic (exact) mass is 1030 g/mol. The maximum Gasteiger partial charge on any atom is 0.364 e. The zero-order valence-corrected chi connectivity index (χ0v) is 38.6. The number of H-pyrrole nitrogens is 2. The summed E-state index contributed by atoms with van der Waals surface area (Å²) in [5.41, 5.74) is -2.82. The summed E-state index contributed by atoms with van der Waals surface area (Å²) < 4.78 is 47.1. The Labute approximate surface area is 406 Å². The van der Waals surface area contributed by atoms with Crippen molar-refractivity contribution in [2.45, 2.75) is 149 Å². The van der Waals surface area contributed by atoms with Gasteiger partial charge in [-0.05, 0) is 31.9 Å². The summed E-state index contributed by atoms with van der Waals surface area (Å²) in [6.07, 6.45) is -33.4. The van der Waals surface area contributed by atoms with Gasteiger partial charge in [0.2, 0.25) is 5.91 Å². The molecule has 6 rings (SSSR count). The number of rotatable bonds is 17. The van der Waals surface area contributed by atoms with Gasteiger partial charge in [-0.3, -0.25) is 24.2 Å². The molecule has 3 aliphatic heterocycles. The van der Waals surface area contributed by atoms with E-state index in [4.69, 9.17) is 37.9 Å². The fraction of sp³-hybridized carbons (Fsp3) is 0.651. The molecule has 4 heterocycles. The second kappa shape index (κ2) is 23.7. The lowest BCUT2D eigenvalue weighted by Gasteiger charge is -2.51. The molecule has 0 spiro atoms. The van der Waals surface area contributed by atoms with Crippen LogP contribution in [0.3, 0.4) is 0 Å². The number of benzene rings is 1. The third-order valence-corrected chi connectivity index (χ3v) is 12.6. The van der Waals surface area contributed by atoms with E-state index in [1.165, 1.54) is 31.2 Å². The Balaban J connectivity index is 1.47. The lowest BCUT2D eigenvalue weighted by atomic mass is 9.81. The Morgan fingerprint density at radius 3 is 2.17 bits per heavy atom. The van der Waals surface area contributed by atoms with Crippen LogP contribution in [0.1, 0.15) is 54.0 Å². The number of hydrogen-bond acceptors (Lipinski definition) is 24. The molecule has 400 valence electrons. The number of esters is 2. The van der Waals surface area contributed by atoms with Crippen LogP contribution in [-0.2, 0) is 52.3 Å². The van der Waals surface area contributed by atoms with Crippen molar-refractivity contribution >= 4 is 29.7 Å². The standard InChI is InChI=1S/C43H58N4O25/c1-15-27(54)30(57)31(58)39(66-15)70-32-19(45-36(59)20-11-25(53)47-42(64)46-20)9-18(37(60)65-3)10-23(32)67-40-35(69-38(61)17-7-5-4-6-8-17)34(29(56)24(14-49)68-40)72-43(41(62)63)12-21(51)26(44-16(2)50)33(71-43)28(55)22(52)13-48/h4-8,11,15,18-19,21-24,26-35,39-40,48-49,51-52,54-58H,9-10,12-14H2,1-3H3,(H,44,50)(H,45,59)(H,62,63)(H2,46,47,53,64)/t15?,18?,19?,21?,22-,23?,24?,26?,27?,28-,29?,30?,31?,32?,33?,34?,35?,39?,40?,43?/m1/s1. The Morgan fingerprint density at radius 1 is 0.861 bits per heavy atom. The van der Waals surface area contributed by atoms with Crippen LogP contribution >= 0.6 is 0 Å². The predicted molar refractivity (Wildman–Crippen MR) is 231 cm³/mol. The third kappa shape index (κ3) is 12.3. The van der Waals surface area contributed by atoms with Gasteiger partial charge in [-0.25, -0.2) is 14.4 Å². The number of aliphatic hydroxyl groups is 9. The highest BCUT2D eigenvalue weighted by Gasteiger charge is 2.61. The lowest BCUT2D eigenvalue weighted by Crippen LogP contribution is -2.71. The molecule has 4 aliphatic rings. The first-order valence-corrected chi connectivity index (χ1v) is 22.5. The van der Waals surface area contributed by atoms with Gasteiger partial charge in [0.15, 0.2) is 18.7 Å². The number of carbonyl (C=O) groups excluding carboxylic acids is 4. The van der Waals surface area contributed by atoms with Crippen LogP contribution in [0.15, 0.2) is 46.0 Å². The molecule has 0 radical (unpaired) electrons. The number of aliphatic hydroxyl groups excluding tert-OH is 9. The highest BCUT2D eigenvalue weighted by molar-refractivity contribution is 5.92. The van der Waals surface area contributed by atoms with Crippen LogP contribution in [0.5, 0.6) is 0 Å². The fourth-order valence-corrected chi connectivity index (χ4v) is 8.96. The lowest BCUT2D eigenvalue weighted by molar-refractivity contribution is -0.378. The number of amides is 2. The number of ether oxygens (including phenoxy) is 8. The van der Waals surface area contributed by atoms with Gasteiger partial charge >= 0.3 is 23.6 Å². The molecular weight excluding hydrogens is 972 g/mol. The molecule has 20 atom stereocenters. The average molecular weight is 1030 g/mol. The largest absolute Gasteiger partial charge is 0.477 e. The zero-order valence-electron chi connectivity index (χ0n) is 38.6. The molecule has 0 bridgehead atoms. The number of aromatic nitrogens is 2. The molecule has 1 saturated carbocycles. The first-order chi connectivity index (χ1) is 34.0. The third-order valence-electron chi connectivity index (χ3n) is 12.6. The van der Waals surface area contributed by atoms with E-state index in [0.29, 0.717) is 0 Å². The zero-order chi connectivity index (χ0) is 52.9. The van der Waals surface area contributed by atoms with Gasteiger partial charge in [0.25, 0.3) is 17.3 Å². The minimum atomic E-state index is -3.24. The average Bonchev–Trinajstić information content (AvgIpc) is 3.34. The second-order valence-corrected chi connectivity index (χ2v) is 17.6. The highest BCUT2D eigenvalue weighted by Crippen LogP contribution is 2.41. The SMILES string of the molecule is COC(=O)C1CC(NC(=O)c2cc(=O)[nH]c(=O)[nH]2)C(OC2OC(C)C(O)C(O)C2O)C(OC2OC(CO)C(O)C(OC3(C(=O)O)CC(O)C(NC(C)=O)C([C@H](O)[C@H](O)CO)O3)C2OC(=O)c2ccccc2)C1. The van der Waals surface area contributed by atoms with Gasteiger partial charge in [-0.2, -0.15) is 0 Å². The molecule has 29 heteroatoms. The van der Waals surface area contributed by atoms with Gasteiger partial charge in [0.05, 0.1) is 62.2 Å². The van der Waals surface area contributed by atoms with E-state index in [-0.39, 0.29) is 12.0 Å². The first kappa shape index (κ1) is 56.0. The van der Waals surface area contributed by atoms with Crippen molar-refractivity contribution in [1.29, 1.82) is 0 Å². The van der Waals surface area contributed by atoms with Crippen molar-refractivity contribution in [2.24, 2.45) is 5.92 Å². The van der Waals surface area contributed by atoms with Crippen molar-refractivity contribution in [2.75, 3.05) is 20.3 Å². The Hall–Kier alpha value is -5.35. The molecule has 2 aromatic rings. The molecule has 2 amide bonds. The molecule has 29 nitrogen and oxygen atoms in total. The number of methoxy groups -OCH3 is 1. The maximum atomic E-state index is 14.0. The minimum absolute atomic E-state index is 0.158. The van der Waals surface area contributed by atoms with Crippen LogP contribution in [-0.4, -0.2) is 227 Å². The quantitative estimate of drug-likeness (QED) is 0.0655. The molecule has 72 heavy (non-hydrogen) atoms. The Kier molecular flexibility index (Phi) is 18.4. The van der Waals surface area contributed by atoms with Crippen molar-refractivity contribution in [1.82, 2.24) is 20.6 Å². The molecular formula is C43H58N4O25. The van der Waals surface area contributed by atoms with E-state index in [1.54, 1.807) is 6.07 Å². The maximum absolute atomic E-state index is 14.0. The normalized spacial score (nSPS) is 36.8. The van der Waals surface area contributed by atoms with E-state index in [2.05, 4.69) is 15.6 Å². The van der Waals surface area contributed by atoms with Crippen molar-refractivity contribution < 1.29 is 113 Å². The number of carboxylic acids is 1. The van der Waals surface area contributed by atoms with Crippen molar-refractivity contribution in [3.05, 3.63) is 68.5 Å². The Bertz CT molecular complexity index is 2310. The summed E-state index contributed by atoms with van der Waals surface area (Å²) in [5, 5.41) is 113. The molecule has 1 aromatic carbocycles. The summed E-state index contributed by atoms with van der Waals surface area (Å²) >= 11 is 0. The van der Waals surface area contributed by atoms with Crippen LogP contribution in [0, 0.1) is 5.92 Å². The molecule has 1 aromatic heterocycles. The Morgan fingerprint density at radius 2 is 1.56 bits per heavy atom. The molecule has 1 aliphatic carbocycles. The minimum Gasteiger partial charge on any atom is -0.477 e. The molecule has 4 fully saturated rings. The number of aromatic amines is 2.